The van der Waals surface area contributed by atoms with Crippen LogP contribution in [0.4, 0.5) is 0 Å². The van der Waals surface area contributed by atoms with E-state index in [1.165, 1.54) is 0 Å². The molecule has 14 heavy (non-hydrogen) atoms. The SMILES string of the molecule is CCc1cc(=S)nc(C2CCOC2)[nH]1. The molecule has 1 atom stereocenters. The molecule has 0 radical (unpaired) electrons. The van der Waals surface area contributed by atoms with E-state index >= 15 is 0 Å². The minimum atomic E-state index is 0.406. The Balaban J connectivity index is 2.32. The molecule has 2 heterocycles. The summed E-state index contributed by atoms with van der Waals surface area (Å²) in [6.45, 7) is 3.71. The van der Waals surface area contributed by atoms with Crippen molar-refractivity contribution in [3.8, 4) is 0 Å². The average molecular weight is 210 g/mol. The van der Waals surface area contributed by atoms with Crippen molar-refractivity contribution in [2.24, 2.45) is 0 Å². The first kappa shape index (κ1) is 9.80. The van der Waals surface area contributed by atoms with Gasteiger partial charge in [-0.25, -0.2) is 4.98 Å². The second kappa shape index (κ2) is 4.19. The van der Waals surface area contributed by atoms with Crippen molar-refractivity contribution >= 4 is 12.2 Å². The highest BCUT2D eigenvalue weighted by molar-refractivity contribution is 7.71. The normalized spacial score (nSPS) is 21.4. The first-order chi connectivity index (χ1) is 6.79. The van der Waals surface area contributed by atoms with Gasteiger partial charge >= 0.3 is 0 Å². The third-order valence-corrected chi connectivity index (χ3v) is 2.72. The third kappa shape index (κ3) is 2.01. The minimum absolute atomic E-state index is 0.406. The van der Waals surface area contributed by atoms with E-state index in [0.717, 1.165) is 37.6 Å². The zero-order chi connectivity index (χ0) is 9.97. The summed E-state index contributed by atoms with van der Waals surface area (Å²) >= 11 is 5.12. The van der Waals surface area contributed by atoms with Crippen LogP contribution in [0, 0.1) is 4.64 Å². The Kier molecular flexibility index (Phi) is 2.93. The Morgan fingerprint density at radius 2 is 2.57 bits per heavy atom. The molecule has 0 aliphatic carbocycles. The van der Waals surface area contributed by atoms with Crippen molar-refractivity contribution in [1.82, 2.24) is 9.97 Å². The summed E-state index contributed by atoms with van der Waals surface area (Å²) in [5, 5.41) is 0. The van der Waals surface area contributed by atoms with E-state index in [9.17, 15) is 0 Å². The zero-order valence-corrected chi connectivity index (χ0v) is 9.06. The Morgan fingerprint density at radius 1 is 1.71 bits per heavy atom. The smallest absolute Gasteiger partial charge is 0.130 e. The quantitative estimate of drug-likeness (QED) is 0.760. The van der Waals surface area contributed by atoms with E-state index in [-0.39, 0.29) is 0 Å². The number of nitrogens with one attached hydrogen (secondary N) is 1. The van der Waals surface area contributed by atoms with Gasteiger partial charge in [-0.2, -0.15) is 0 Å². The Labute approximate surface area is 88.5 Å². The molecule has 1 fully saturated rings. The molecule has 0 bridgehead atoms. The molecular formula is C10H14N2OS. The van der Waals surface area contributed by atoms with Gasteiger partial charge < -0.3 is 9.72 Å². The van der Waals surface area contributed by atoms with Gasteiger partial charge in [-0.05, 0) is 18.9 Å². The molecule has 0 saturated carbocycles. The van der Waals surface area contributed by atoms with Crippen LogP contribution in [0.3, 0.4) is 0 Å². The molecular weight excluding hydrogens is 196 g/mol. The summed E-state index contributed by atoms with van der Waals surface area (Å²) < 4.78 is 6.01. The van der Waals surface area contributed by atoms with Gasteiger partial charge in [0.05, 0.1) is 6.61 Å². The first-order valence-electron chi connectivity index (χ1n) is 4.97. The predicted octanol–water partition coefficient (Wildman–Crippen LogP) is 2.21. The van der Waals surface area contributed by atoms with Crippen LogP contribution in [0.25, 0.3) is 0 Å². The third-order valence-electron chi connectivity index (χ3n) is 2.51. The van der Waals surface area contributed by atoms with Crippen molar-refractivity contribution in [3.63, 3.8) is 0 Å². The number of hydrogen-bond acceptors (Lipinski definition) is 3. The van der Waals surface area contributed by atoms with Crippen LogP contribution in [0.15, 0.2) is 6.07 Å². The monoisotopic (exact) mass is 210 g/mol. The molecule has 4 heteroatoms. The maximum Gasteiger partial charge on any atom is 0.130 e. The van der Waals surface area contributed by atoms with Gasteiger partial charge in [0.2, 0.25) is 0 Å². The number of rotatable bonds is 2. The van der Waals surface area contributed by atoms with Gasteiger partial charge in [0.25, 0.3) is 0 Å². The second-order valence-electron chi connectivity index (χ2n) is 3.54. The molecule has 3 nitrogen and oxygen atoms in total. The lowest BCUT2D eigenvalue weighted by molar-refractivity contribution is 0.193. The second-order valence-corrected chi connectivity index (χ2v) is 3.96. The summed E-state index contributed by atoms with van der Waals surface area (Å²) in [5.41, 5.74) is 1.16. The highest BCUT2D eigenvalue weighted by Crippen LogP contribution is 2.22. The number of aromatic nitrogens is 2. The molecule has 0 aromatic carbocycles. The largest absolute Gasteiger partial charge is 0.381 e. The van der Waals surface area contributed by atoms with Gasteiger partial charge in [0, 0.05) is 18.2 Å². The van der Waals surface area contributed by atoms with Crippen molar-refractivity contribution in [2.45, 2.75) is 25.7 Å². The standard InChI is InChI=1S/C10H14N2OS/c1-2-8-5-9(14)12-10(11-8)7-3-4-13-6-7/h5,7H,2-4,6H2,1H3,(H,11,12,14). The number of ether oxygens (including phenoxy) is 1. The summed E-state index contributed by atoms with van der Waals surface area (Å²) in [5.74, 6) is 1.40. The fraction of sp³-hybridized carbons (Fsp3) is 0.600. The Hall–Kier alpha value is -0.740. The highest BCUT2D eigenvalue weighted by atomic mass is 32.1. The van der Waals surface area contributed by atoms with Crippen molar-refractivity contribution in [2.75, 3.05) is 13.2 Å². The lowest BCUT2D eigenvalue weighted by Crippen LogP contribution is -2.06. The molecule has 1 saturated heterocycles. The molecule has 0 amide bonds. The van der Waals surface area contributed by atoms with Crippen LogP contribution in [0.5, 0.6) is 0 Å². The number of aromatic amines is 1. The van der Waals surface area contributed by atoms with Crippen LogP contribution in [-0.2, 0) is 11.2 Å². The topological polar surface area (TPSA) is 37.9 Å². The molecule has 1 aromatic heterocycles. The molecule has 1 aliphatic heterocycles. The molecule has 1 N–H and O–H groups in total. The number of aryl methyl sites for hydroxylation is 1. The van der Waals surface area contributed by atoms with Gasteiger partial charge in [0.1, 0.15) is 10.5 Å². The van der Waals surface area contributed by atoms with E-state index in [4.69, 9.17) is 17.0 Å². The number of hydrogen-bond donors (Lipinski definition) is 1. The molecule has 76 valence electrons. The van der Waals surface area contributed by atoms with Gasteiger partial charge in [-0.15, -0.1) is 0 Å². The van der Waals surface area contributed by atoms with E-state index in [2.05, 4.69) is 16.9 Å². The van der Waals surface area contributed by atoms with Crippen LogP contribution in [-0.4, -0.2) is 23.2 Å². The van der Waals surface area contributed by atoms with E-state index < -0.39 is 0 Å². The fourth-order valence-electron chi connectivity index (χ4n) is 1.66. The predicted molar refractivity (Wildman–Crippen MR) is 57.0 cm³/mol. The summed E-state index contributed by atoms with van der Waals surface area (Å²) in [6.07, 6.45) is 2.01. The van der Waals surface area contributed by atoms with Crippen LogP contribution >= 0.6 is 12.2 Å². The van der Waals surface area contributed by atoms with E-state index in [1.807, 2.05) is 6.07 Å². The molecule has 2 rings (SSSR count). The number of nitrogens with zero attached hydrogens (tertiary/aromatic N) is 1. The van der Waals surface area contributed by atoms with Gasteiger partial charge in [0.15, 0.2) is 0 Å². The van der Waals surface area contributed by atoms with E-state index in [0.29, 0.717) is 10.6 Å². The van der Waals surface area contributed by atoms with Crippen LogP contribution < -0.4 is 0 Å². The summed E-state index contributed by atoms with van der Waals surface area (Å²) in [7, 11) is 0. The maximum absolute atomic E-state index is 5.33. The molecule has 0 spiro atoms. The van der Waals surface area contributed by atoms with Crippen molar-refractivity contribution in [1.29, 1.82) is 0 Å². The van der Waals surface area contributed by atoms with Crippen LogP contribution in [0.1, 0.15) is 30.8 Å². The lowest BCUT2D eigenvalue weighted by Gasteiger charge is -2.08. The molecule has 1 aliphatic rings. The number of H-pyrrole nitrogens is 1. The molecule has 1 aromatic rings. The zero-order valence-electron chi connectivity index (χ0n) is 8.25. The van der Waals surface area contributed by atoms with Crippen molar-refractivity contribution in [3.05, 3.63) is 22.2 Å². The fourth-order valence-corrected chi connectivity index (χ4v) is 1.90. The van der Waals surface area contributed by atoms with Crippen LogP contribution in [0.2, 0.25) is 0 Å². The Bertz CT molecular complexity index is 369. The van der Waals surface area contributed by atoms with Gasteiger partial charge in [-0.1, -0.05) is 19.1 Å². The van der Waals surface area contributed by atoms with Crippen molar-refractivity contribution < 1.29 is 4.74 Å². The lowest BCUT2D eigenvalue weighted by atomic mass is 10.1. The maximum atomic E-state index is 5.33. The van der Waals surface area contributed by atoms with Gasteiger partial charge in [-0.3, -0.25) is 0 Å². The first-order valence-corrected chi connectivity index (χ1v) is 5.38. The summed E-state index contributed by atoms with van der Waals surface area (Å²) in [4.78, 5) is 7.66. The highest BCUT2D eigenvalue weighted by Gasteiger charge is 2.19. The minimum Gasteiger partial charge on any atom is -0.381 e. The summed E-state index contributed by atoms with van der Waals surface area (Å²) in [6, 6.07) is 1.93. The van der Waals surface area contributed by atoms with E-state index in [1.54, 1.807) is 0 Å². The molecule has 1 unspecified atom stereocenters. The average Bonchev–Trinajstić information content (AvgIpc) is 2.69. The Morgan fingerprint density at radius 3 is 3.21 bits per heavy atom.